The van der Waals surface area contributed by atoms with Crippen LogP contribution in [0.15, 0.2) is 42.1 Å². The molecule has 0 atom stereocenters. The average Bonchev–Trinajstić information content (AvgIpc) is 2.30. The molecule has 0 radical (unpaired) electrons. The number of benzene rings is 1. The maximum atomic E-state index is 10.5. The number of hydrogen-bond acceptors (Lipinski definition) is 3. The van der Waals surface area contributed by atoms with Gasteiger partial charge in [0, 0.05) is 12.7 Å². The summed E-state index contributed by atoms with van der Waals surface area (Å²) in [5, 5.41) is 19.8. The van der Waals surface area contributed by atoms with Crippen molar-refractivity contribution in [2.75, 3.05) is 6.54 Å². The molecular weight excluding hydrogens is 204 g/mol. The number of carbonyl (C=O) groups is 1. The van der Waals surface area contributed by atoms with Gasteiger partial charge in [-0.05, 0) is 12.0 Å². The third-order valence-corrected chi connectivity index (χ3v) is 2.00. The molecule has 16 heavy (non-hydrogen) atoms. The van der Waals surface area contributed by atoms with E-state index in [4.69, 9.17) is 10.4 Å². The summed E-state index contributed by atoms with van der Waals surface area (Å²) in [6.07, 6.45) is 2.01. The second-order valence-corrected chi connectivity index (χ2v) is 3.16. The highest BCUT2D eigenvalue weighted by Gasteiger charge is 2.03. The molecule has 0 aliphatic carbocycles. The zero-order valence-corrected chi connectivity index (χ0v) is 8.68. The molecule has 0 fully saturated rings. The Morgan fingerprint density at radius 2 is 2.12 bits per heavy atom. The van der Waals surface area contributed by atoms with Gasteiger partial charge in [-0.3, -0.25) is 0 Å². The van der Waals surface area contributed by atoms with Crippen molar-refractivity contribution in [1.29, 1.82) is 5.26 Å². The van der Waals surface area contributed by atoms with E-state index in [0.717, 1.165) is 12.0 Å². The van der Waals surface area contributed by atoms with E-state index in [1.54, 1.807) is 6.07 Å². The van der Waals surface area contributed by atoms with Crippen LogP contribution in [0.2, 0.25) is 0 Å². The summed E-state index contributed by atoms with van der Waals surface area (Å²) in [4.78, 5) is 10.5. The largest absolute Gasteiger partial charge is 0.477 e. The molecular formula is C12H12N2O2. The Morgan fingerprint density at radius 1 is 1.44 bits per heavy atom. The third-order valence-electron chi connectivity index (χ3n) is 2.00. The number of hydrogen-bond donors (Lipinski definition) is 2. The van der Waals surface area contributed by atoms with Gasteiger partial charge in [-0.25, -0.2) is 4.79 Å². The van der Waals surface area contributed by atoms with Crippen LogP contribution in [0.1, 0.15) is 5.56 Å². The SMILES string of the molecule is N#CC(=CNCCc1ccccc1)C(=O)O. The Balaban J connectivity index is 2.37. The lowest BCUT2D eigenvalue weighted by Gasteiger charge is -2.01. The predicted molar refractivity (Wildman–Crippen MR) is 59.5 cm³/mol. The van der Waals surface area contributed by atoms with Gasteiger partial charge in [0.05, 0.1) is 0 Å². The van der Waals surface area contributed by atoms with Crippen molar-refractivity contribution in [3.63, 3.8) is 0 Å². The first-order chi connectivity index (χ1) is 7.74. The summed E-state index contributed by atoms with van der Waals surface area (Å²) < 4.78 is 0. The highest BCUT2D eigenvalue weighted by atomic mass is 16.4. The van der Waals surface area contributed by atoms with Gasteiger partial charge in [-0.15, -0.1) is 0 Å². The van der Waals surface area contributed by atoms with Crippen LogP contribution in [-0.2, 0) is 11.2 Å². The van der Waals surface area contributed by atoms with E-state index in [-0.39, 0.29) is 5.57 Å². The molecule has 0 spiro atoms. The summed E-state index contributed by atoms with van der Waals surface area (Å²) in [5.74, 6) is -1.21. The minimum Gasteiger partial charge on any atom is -0.477 e. The number of carboxylic acid groups (broad SMARTS) is 1. The van der Waals surface area contributed by atoms with Crippen molar-refractivity contribution >= 4 is 5.97 Å². The molecule has 0 bridgehead atoms. The lowest BCUT2D eigenvalue weighted by Crippen LogP contribution is -2.12. The van der Waals surface area contributed by atoms with E-state index in [0.29, 0.717) is 6.54 Å². The van der Waals surface area contributed by atoms with Crippen molar-refractivity contribution in [1.82, 2.24) is 5.32 Å². The Labute approximate surface area is 93.8 Å². The van der Waals surface area contributed by atoms with Crippen LogP contribution in [0.25, 0.3) is 0 Å². The fourth-order valence-electron chi connectivity index (χ4n) is 1.18. The minimum atomic E-state index is -1.21. The summed E-state index contributed by atoms with van der Waals surface area (Å²) in [6, 6.07) is 11.4. The lowest BCUT2D eigenvalue weighted by molar-refractivity contribution is -0.132. The van der Waals surface area contributed by atoms with Gasteiger partial charge in [0.1, 0.15) is 6.07 Å². The van der Waals surface area contributed by atoms with Crippen LogP contribution < -0.4 is 5.32 Å². The molecule has 1 aromatic rings. The molecule has 0 aliphatic rings. The smallest absolute Gasteiger partial charge is 0.347 e. The molecule has 4 nitrogen and oxygen atoms in total. The average molecular weight is 216 g/mol. The quantitative estimate of drug-likeness (QED) is 0.442. The fourth-order valence-corrected chi connectivity index (χ4v) is 1.18. The van der Waals surface area contributed by atoms with E-state index in [9.17, 15) is 4.79 Å². The molecule has 82 valence electrons. The number of nitrogens with zero attached hydrogens (tertiary/aromatic N) is 1. The molecule has 0 aliphatic heterocycles. The number of nitriles is 1. The fraction of sp³-hybridized carbons (Fsp3) is 0.167. The molecule has 0 saturated carbocycles. The van der Waals surface area contributed by atoms with Gasteiger partial charge in [-0.2, -0.15) is 5.26 Å². The first-order valence-corrected chi connectivity index (χ1v) is 4.85. The Morgan fingerprint density at radius 3 is 2.69 bits per heavy atom. The zero-order valence-electron chi connectivity index (χ0n) is 8.68. The van der Waals surface area contributed by atoms with Crippen molar-refractivity contribution in [2.24, 2.45) is 0 Å². The number of carboxylic acids is 1. The molecule has 0 heterocycles. The molecule has 4 heteroatoms. The van der Waals surface area contributed by atoms with Crippen molar-refractivity contribution in [3.8, 4) is 6.07 Å². The standard InChI is InChI=1S/C12H12N2O2/c13-8-11(12(15)16)9-14-7-6-10-4-2-1-3-5-10/h1-5,9,14H,6-7H2,(H,15,16). The van der Waals surface area contributed by atoms with Crippen LogP contribution in [0, 0.1) is 11.3 Å². The first kappa shape index (κ1) is 11.8. The number of nitrogens with one attached hydrogen (secondary N) is 1. The molecule has 0 aromatic heterocycles. The maximum absolute atomic E-state index is 10.5. The number of rotatable bonds is 5. The van der Waals surface area contributed by atoms with Crippen molar-refractivity contribution in [3.05, 3.63) is 47.7 Å². The summed E-state index contributed by atoms with van der Waals surface area (Å²) in [6.45, 7) is 0.600. The van der Waals surface area contributed by atoms with Crippen LogP contribution in [-0.4, -0.2) is 17.6 Å². The van der Waals surface area contributed by atoms with Gasteiger partial charge >= 0.3 is 5.97 Å². The van der Waals surface area contributed by atoms with Gasteiger partial charge < -0.3 is 10.4 Å². The summed E-state index contributed by atoms with van der Waals surface area (Å²) >= 11 is 0. The first-order valence-electron chi connectivity index (χ1n) is 4.85. The van der Waals surface area contributed by atoms with Gasteiger partial charge in [-0.1, -0.05) is 30.3 Å². The van der Waals surface area contributed by atoms with Gasteiger partial charge in [0.15, 0.2) is 5.57 Å². The van der Waals surface area contributed by atoms with E-state index in [2.05, 4.69) is 5.32 Å². The molecule has 1 rings (SSSR count). The predicted octanol–water partition coefficient (Wildman–Crippen LogP) is 1.31. The molecule has 0 amide bonds. The zero-order chi connectivity index (χ0) is 11.8. The summed E-state index contributed by atoms with van der Waals surface area (Å²) in [7, 11) is 0. The molecule has 0 saturated heterocycles. The van der Waals surface area contributed by atoms with Gasteiger partial charge in [0.2, 0.25) is 0 Å². The van der Waals surface area contributed by atoms with Crippen molar-refractivity contribution in [2.45, 2.75) is 6.42 Å². The Hall–Kier alpha value is -2.28. The Bertz CT molecular complexity index is 418. The van der Waals surface area contributed by atoms with Crippen LogP contribution in [0.5, 0.6) is 0 Å². The van der Waals surface area contributed by atoms with E-state index in [1.807, 2.05) is 30.3 Å². The van der Waals surface area contributed by atoms with Crippen LogP contribution >= 0.6 is 0 Å². The third kappa shape index (κ3) is 3.84. The second-order valence-electron chi connectivity index (χ2n) is 3.16. The molecule has 0 unspecified atom stereocenters. The summed E-state index contributed by atoms with van der Waals surface area (Å²) in [5.41, 5.74) is 0.880. The van der Waals surface area contributed by atoms with Crippen molar-refractivity contribution < 1.29 is 9.90 Å². The van der Waals surface area contributed by atoms with Crippen LogP contribution in [0.3, 0.4) is 0 Å². The van der Waals surface area contributed by atoms with E-state index in [1.165, 1.54) is 6.20 Å². The second kappa shape index (κ2) is 6.25. The monoisotopic (exact) mass is 216 g/mol. The highest BCUT2D eigenvalue weighted by Crippen LogP contribution is 1.98. The van der Waals surface area contributed by atoms with Gasteiger partial charge in [0.25, 0.3) is 0 Å². The molecule has 2 N–H and O–H groups in total. The van der Waals surface area contributed by atoms with Crippen LogP contribution in [0.4, 0.5) is 0 Å². The normalized spacial score (nSPS) is 10.6. The highest BCUT2D eigenvalue weighted by molar-refractivity contribution is 5.90. The topological polar surface area (TPSA) is 73.1 Å². The maximum Gasteiger partial charge on any atom is 0.347 e. The Kier molecular flexibility index (Phi) is 4.61. The lowest BCUT2D eigenvalue weighted by atomic mass is 10.1. The molecule has 1 aromatic carbocycles. The number of aliphatic carboxylic acids is 1. The van der Waals surface area contributed by atoms with E-state index < -0.39 is 5.97 Å². The van der Waals surface area contributed by atoms with E-state index >= 15 is 0 Å². The minimum absolute atomic E-state index is 0.284.